The third kappa shape index (κ3) is 5.28. The molecule has 0 aliphatic heterocycles. The first-order valence-electron chi connectivity index (χ1n) is 6.65. The van der Waals surface area contributed by atoms with Crippen LogP contribution < -0.4 is 5.32 Å². The van der Waals surface area contributed by atoms with Crippen molar-refractivity contribution >= 4 is 22.0 Å². The van der Waals surface area contributed by atoms with Crippen LogP contribution in [0.15, 0.2) is 59.1 Å². The Labute approximate surface area is 139 Å². The second-order valence-corrected chi connectivity index (χ2v) is 5.65. The molecule has 0 heterocycles. The van der Waals surface area contributed by atoms with E-state index >= 15 is 0 Å². The van der Waals surface area contributed by atoms with E-state index in [1.165, 1.54) is 24.3 Å². The Morgan fingerprint density at radius 3 is 2.26 bits per heavy atom. The highest BCUT2D eigenvalue weighted by Gasteiger charge is 2.42. The van der Waals surface area contributed by atoms with E-state index < -0.39 is 18.3 Å². The van der Waals surface area contributed by atoms with E-state index in [0.29, 0.717) is 10.0 Å². The van der Waals surface area contributed by atoms with Gasteiger partial charge in [0.2, 0.25) is 0 Å². The van der Waals surface area contributed by atoms with Gasteiger partial charge in [-0.3, -0.25) is 0 Å². The number of carbonyl (C=O) groups is 1. The Kier molecular flexibility index (Phi) is 5.65. The number of alkyl halides is 3. The van der Waals surface area contributed by atoms with Gasteiger partial charge in [-0.1, -0.05) is 58.4 Å². The molecule has 0 fully saturated rings. The van der Waals surface area contributed by atoms with E-state index in [9.17, 15) is 18.0 Å². The van der Waals surface area contributed by atoms with Crippen LogP contribution in [0.25, 0.3) is 0 Å². The predicted molar refractivity (Wildman–Crippen MR) is 82.7 cm³/mol. The van der Waals surface area contributed by atoms with Crippen LogP contribution >= 0.6 is 15.9 Å². The van der Waals surface area contributed by atoms with Crippen molar-refractivity contribution in [2.75, 3.05) is 0 Å². The first kappa shape index (κ1) is 17.3. The zero-order chi connectivity index (χ0) is 16.9. The highest BCUT2D eigenvalue weighted by Crippen LogP contribution is 2.33. The second-order valence-electron chi connectivity index (χ2n) is 4.73. The molecular formula is C16H13BrF3NO2. The number of ether oxygens (including phenoxy) is 1. The smallest absolute Gasteiger partial charge is 0.412 e. The Morgan fingerprint density at radius 1 is 1.09 bits per heavy atom. The average molecular weight is 388 g/mol. The molecule has 0 saturated heterocycles. The highest BCUT2D eigenvalue weighted by atomic mass is 79.9. The van der Waals surface area contributed by atoms with Gasteiger partial charge in [-0.2, -0.15) is 13.2 Å². The van der Waals surface area contributed by atoms with Crippen LogP contribution in [0.5, 0.6) is 0 Å². The molecule has 122 valence electrons. The third-order valence-corrected chi connectivity index (χ3v) is 3.53. The summed E-state index contributed by atoms with van der Waals surface area (Å²) in [6.45, 7) is -0.0996. The predicted octanol–water partition coefficient (Wildman–Crippen LogP) is 4.98. The van der Waals surface area contributed by atoms with Gasteiger partial charge in [0.25, 0.3) is 0 Å². The van der Waals surface area contributed by atoms with Crippen molar-refractivity contribution in [1.82, 2.24) is 5.32 Å². The van der Waals surface area contributed by atoms with Crippen LogP contribution in [0.2, 0.25) is 0 Å². The summed E-state index contributed by atoms with van der Waals surface area (Å²) in [5.74, 6) is 0. The second kappa shape index (κ2) is 7.50. The molecule has 0 saturated carbocycles. The number of amides is 1. The van der Waals surface area contributed by atoms with Crippen molar-refractivity contribution in [2.45, 2.75) is 18.8 Å². The van der Waals surface area contributed by atoms with E-state index in [4.69, 9.17) is 4.74 Å². The molecule has 2 aromatic rings. The van der Waals surface area contributed by atoms with Crippen molar-refractivity contribution < 1.29 is 22.7 Å². The highest BCUT2D eigenvalue weighted by molar-refractivity contribution is 9.10. The largest absolute Gasteiger partial charge is 0.445 e. The van der Waals surface area contributed by atoms with Gasteiger partial charge < -0.3 is 10.1 Å². The van der Waals surface area contributed by atoms with Gasteiger partial charge in [0.05, 0.1) is 0 Å². The Morgan fingerprint density at radius 2 is 1.70 bits per heavy atom. The molecule has 1 amide bonds. The van der Waals surface area contributed by atoms with Gasteiger partial charge in [-0.15, -0.1) is 0 Å². The number of carbonyl (C=O) groups excluding carboxylic acids is 1. The van der Waals surface area contributed by atoms with E-state index in [1.807, 2.05) is 5.32 Å². The first-order valence-corrected chi connectivity index (χ1v) is 7.45. The monoisotopic (exact) mass is 387 g/mol. The van der Waals surface area contributed by atoms with Crippen LogP contribution in [0.4, 0.5) is 18.0 Å². The Balaban J connectivity index is 2.03. The molecule has 1 atom stereocenters. The van der Waals surface area contributed by atoms with E-state index in [1.54, 1.807) is 30.3 Å². The molecule has 0 radical (unpaired) electrons. The molecule has 0 aliphatic rings. The van der Waals surface area contributed by atoms with Gasteiger partial charge in [0, 0.05) is 4.47 Å². The molecule has 7 heteroatoms. The molecule has 0 aromatic heterocycles. The third-order valence-electron chi connectivity index (χ3n) is 3.01. The van der Waals surface area contributed by atoms with Crippen molar-refractivity contribution in [3.63, 3.8) is 0 Å². The zero-order valence-electron chi connectivity index (χ0n) is 11.8. The van der Waals surface area contributed by atoms with Gasteiger partial charge in [0.1, 0.15) is 6.61 Å². The zero-order valence-corrected chi connectivity index (χ0v) is 13.4. The molecule has 2 rings (SSSR count). The Bertz CT molecular complexity index is 645. The van der Waals surface area contributed by atoms with Gasteiger partial charge in [-0.05, 0) is 23.3 Å². The number of alkyl carbamates (subject to hydrolysis) is 1. The van der Waals surface area contributed by atoms with Crippen molar-refractivity contribution in [3.8, 4) is 0 Å². The summed E-state index contributed by atoms with van der Waals surface area (Å²) in [5, 5.41) is 1.86. The van der Waals surface area contributed by atoms with Crippen molar-refractivity contribution in [3.05, 3.63) is 70.2 Å². The molecule has 23 heavy (non-hydrogen) atoms. The lowest BCUT2D eigenvalue weighted by molar-refractivity contribution is -0.156. The number of benzene rings is 2. The number of hydrogen-bond acceptors (Lipinski definition) is 2. The molecule has 1 N–H and O–H groups in total. The number of halogens is 4. The normalized spacial score (nSPS) is 12.5. The summed E-state index contributed by atoms with van der Waals surface area (Å²) in [6, 6.07) is 12.1. The molecule has 1 unspecified atom stereocenters. The topological polar surface area (TPSA) is 38.3 Å². The number of hydrogen-bond donors (Lipinski definition) is 1. The summed E-state index contributed by atoms with van der Waals surface area (Å²) in [4.78, 5) is 11.7. The fraction of sp³-hybridized carbons (Fsp3) is 0.188. The van der Waals surface area contributed by atoms with Crippen molar-refractivity contribution in [2.24, 2.45) is 0 Å². The maximum absolute atomic E-state index is 13.1. The van der Waals surface area contributed by atoms with Crippen molar-refractivity contribution in [1.29, 1.82) is 0 Å². The lowest BCUT2D eigenvalue weighted by atomic mass is 10.1. The van der Waals surface area contributed by atoms with Gasteiger partial charge in [0.15, 0.2) is 6.04 Å². The standard InChI is InChI=1S/C16H13BrF3NO2/c17-13-8-6-12(7-9-13)14(16(18,19)20)21-15(22)23-10-11-4-2-1-3-5-11/h1-9,14H,10H2,(H,21,22). The molecule has 2 aromatic carbocycles. The summed E-state index contributed by atoms with van der Waals surface area (Å²) in [5.41, 5.74) is 0.618. The summed E-state index contributed by atoms with van der Waals surface area (Å²) in [7, 11) is 0. The van der Waals surface area contributed by atoms with Crippen LogP contribution in [-0.2, 0) is 11.3 Å². The quantitative estimate of drug-likeness (QED) is 0.803. The minimum absolute atomic E-state index is 0.0719. The first-order chi connectivity index (χ1) is 10.9. The maximum atomic E-state index is 13.1. The van der Waals surface area contributed by atoms with E-state index in [2.05, 4.69) is 15.9 Å². The van der Waals surface area contributed by atoms with Crippen LogP contribution in [0, 0.1) is 0 Å². The van der Waals surface area contributed by atoms with E-state index in [-0.39, 0.29) is 12.2 Å². The SMILES string of the molecule is O=C(NC(c1ccc(Br)cc1)C(F)(F)F)OCc1ccccc1. The maximum Gasteiger partial charge on any atom is 0.412 e. The minimum atomic E-state index is -4.63. The molecule has 0 bridgehead atoms. The molecule has 0 spiro atoms. The fourth-order valence-corrected chi connectivity index (χ4v) is 2.16. The van der Waals surface area contributed by atoms with Crippen LogP contribution in [0.3, 0.4) is 0 Å². The summed E-state index contributed by atoms with van der Waals surface area (Å²) in [6.07, 6.45) is -5.75. The lowest BCUT2D eigenvalue weighted by Gasteiger charge is -2.21. The molecule has 0 aliphatic carbocycles. The average Bonchev–Trinajstić information content (AvgIpc) is 2.52. The minimum Gasteiger partial charge on any atom is -0.445 e. The Hall–Kier alpha value is -2.02. The van der Waals surface area contributed by atoms with Crippen LogP contribution in [-0.4, -0.2) is 12.3 Å². The van der Waals surface area contributed by atoms with Gasteiger partial charge >= 0.3 is 12.3 Å². The summed E-state index contributed by atoms with van der Waals surface area (Å²) < 4.78 is 44.9. The van der Waals surface area contributed by atoms with E-state index in [0.717, 1.165) is 0 Å². The van der Waals surface area contributed by atoms with Gasteiger partial charge in [-0.25, -0.2) is 4.79 Å². The number of rotatable bonds is 4. The lowest BCUT2D eigenvalue weighted by Crippen LogP contribution is -2.38. The summed E-state index contributed by atoms with van der Waals surface area (Å²) >= 11 is 3.15. The van der Waals surface area contributed by atoms with Crippen LogP contribution in [0.1, 0.15) is 17.2 Å². The fourth-order valence-electron chi connectivity index (χ4n) is 1.89. The molecule has 3 nitrogen and oxygen atoms in total. The molecular weight excluding hydrogens is 375 g/mol. The number of nitrogens with one attached hydrogen (secondary N) is 1.